The molecular formula is C12H22N2O. The van der Waals surface area contributed by atoms with Gasteiger partial charge in [0.25, 0.3) is 0 Å². The Kier molecular flexibility index (Phi) is 5.43. The van der Waals surface area contributed by atoms with Crippen molar-refractivity contribution in [3.05, 3.63) is 24.0 Å². The topological polar surface area (TPSA) is 40.2 Å². The SMILES string of the molecule is CCOCCn1cccc1CC(N)CC. The van der Waals surface area contributed by atoms with E-state index < -0.39 is 0 Å². The zero-order valence-corrected chi connectivity index (χ0v) is 9.78. The average Bonchev–Trinajstić information content (AvgIpc) is 2.66. The number of ether oxygens (including phenoxy) is 1. The number of hydrogen-bond acceptors (Lipinski definition) is 2. The van der Waals surface area contributed by atoms with E-state index in [1.807, 2.05) is 6.92 Å². The minimum absolute atomic E-state index is 0.269. The Morgan fingerprint density at radius 2 is 2.27 bits per heavy atom. The van der Waals surface area contributed by atoms with Crippen LogP contribution >= 0.6 is 0 Å². The van der Waals surface area contributed by atoms with Gasteiger partial charge in [-0.3, -0.25) is 0 Å². The lowest BCUT2D eigenvalue weighted by atomic mass is 10.1. The van der Waals surface area contributed by atoms with Crippen LogP contribution in [-0.2, 0) is 17.7 Å². The molecule has 15 heavy (non-hydrogen) atoms. The summed E-state index contributed by atoms with van der Waals surface area (Å²) in [6.07, 6.45) is 4.07. The van der Waals surface area contributed by atoms with Crippen LogP contribution in [0.15, 0.2) is 18.3 Å². The predicted octanol–water partition coefficient (Wildman–Crippen LogP) is 1.80. The van der Waals surface area contributed by atoms with Gasteiger partial charge in [-0.05, 0) is 25.5 Å². The fraction of sp³-hybridized carbons (Fsp3) is 0.667. The maximum absolute atomic E-state index is 5.94. The summed E-state index contributed by atoms with van der Waals surface area (Å²) >= 11 is 0. The zero-order valence-electron chi connectivity index (χ0n) is 9.78. The van der Waals surface area contributed by atoms with Crippen molar-refractivity contribution in [2.45, 2.75) is 39.3 Å². The molecule has 2 N–H and O–H groups in total. The van der Waals surface area contributed by atoms with E-state index in [9.17, 15) is 0 Å². The summed E-state index contributed by atoms with van der Waals surface area (Å²) in [7, 11) is 0. The molecule has 0 aliphatic rings. The lowest BCUT2D eigenvalue weighted by molar-refractivity contribution is 0.138. The van der Waals surface area contributed by atoms with Crippen LogP contribution in [-0.4, -0.2) is 23.8 Å². The summed E-state index contributed by atoms with van der Waals surface area (Å²) in [6, 6.07) is 4.48. The highest BCUT2D eigenvalue weighted by Crippen LogP contribution is 2.06. The molecule has 0 fully saturated rings. The molecule has 1 unspecified atom stereocenters. The van der Waals surface area contributed by atoms with Crippen LogP contribution in [0.1, 0.15) is 26.0 Å². The van der Waals surface area contributed by atoms with E-state index in [4.69, 9.17) is 10.5 Å². The van der Waals surface area contributed by atoms with Crippen LogP contribution in [0.2, 0.25) is 0 Å². The third-order valence-electron chi connectivity index (χ3n) is 2.60. The molecule has 0 radical (unpaired) electrons. The Balaban J connectivity index is 2.45. The smallest absolute Gasteiger partial charge is 0.0645 e. The predicted molar refractivity (Wildman–Crippen MR) is 62.9 cm³/mol. The van der Waals surface area contributed by atoms with Crippen molar-refractivity contribution >= 4 is 0 Å². The molecule has 1 aromatic rings. The summed E-state index contributed by atoms with van der Waals surface area (Å²) in [6.45, 7) is 6.62. The Labute approximate surface area is 92.2 Å². The molecule has 0 saturated carbocycles. The maximum Gasteiger partial charge on any atom is 0.0645 e. The number of hydrogen-bond donors (Lipinski definition) is 1. The van der Waals surface area contributed by atoms with Crippen molar-refractivity contribution in [3.8, 4) is 0 Å². The molecule has 1 heterocycles. The van der Waals surface area contributed by atoms with Crippen LogP contribution in [0.3, 0.4) is 0 Å². The number of nitrogens with zero attached hydrogens (tertiary/aromatic N) is 1. The first-order chi connectivity index (χ1) is 7.27. The lowest BCUT2D eigenvalue weighted by Crippen LogP contribution is -2.23. The third kappa shape index (κ3) is 4.06. The quantitative estimate of drug-likeness (QED) is 0.697. The fourth-order valence-corrected chi connectivity index (χ4v) is 1.57. The second-order valence-electron chi connectivity index (χ2n) is 3.76. The van der Waals surface area contributed by atoms with E-state index in [0.717, 1.165) is 32.6 Å². The summed E-state index contributed by atoms with van der Waals surface area (Å²) in [5, 5.41) is 0. The van der Waals surface area contributed by atoms with Crippen LogP contribution in [0.4, 0.5) is 0 Å². The second kappa shape index (κ2) is 6.64. The number of nitrogens with two attached hydrogens (primary N) is 1. The zero-order chi connectivity index (χ0) is 11.1. The normalized spacial score (nSPS) is 13.0. The maximum atomic E-state index is 5.94. The van der Waals surface area contributed by atoms with Gasteiger partial charge >= 0.3 is 0 Å². The van der Waals surface area contributed by atoms with Gasteiger partial charge in [-0.2, -0.15) is 0 Å². The van der Waals surface area contributed by atoms with Crippen molar-refractivity contribution < 1.29 is 4.74 Å². The van der Waals surface area contributed by atoms with E-state index in [0.29, 0.717) is 0 Å². The number of rotatable bonds is 7. The highest BCUT2D eigenvalue weighted by atomic mass is 16.5. The molecule has 1 aromatic heterocycles. The summed E-state index contributed by atoms with van der Waals surface area (Å²) in [5.74, 6) is 0. The molecule has 0 aliphatic carbocycles. The Morgan fingerprint density at radius 1 is 1.47 bits per heavy atom. The van der Waals surface area contributed by atoms with E-state index >= 15 is 0 Å². The second-order valence-corrected chi connectivity index (χ2v) is 3.76. The van der Waals surface area contributed by atoms with Gasteiger partial charge < -0.3 is 15.0 Å². The highest BCUT2D eigenvalue weighted by Gasteiger charge is 2.05. The largest absolute Gasteiger partial charge is 0.380 e. The van der Waals surface area contributed by atoms with Gasteiger partial charge in [0, 0.05) is 37.5 Å². The molecule has 3 heteroatoms. The van der Waals surface area contributed by atoms with Crippen LogP contribution in [0, 0.1) is 0 Å². The van der Waals surface area contributed by atoms with Gasteiger partial charge in [0.1, 0.15) is 0 Å². The first-order valence-electron chi connectivity index (χ1n) is 5.75. The minimum atomic E-state index is 0.269. The van der Waals surface area contributed by atoms with Crippen LogP contribution in [0.25, 0.3) is 0 Å². The Hall–Kier alpha value is -0.800. The third-order valence-corrected chi connectivity index (χ3v) is 2.60. The summed E-state index contributed by atoms with van der Waals surface area (Å²) in [4.78, 5) is 0. The Bertz CT molecular complexity index is 270. The Morgan fingerprint density at radius 3 is 2.93 bits per heavy atom. The molecule has 0 amide bonds. The standard InChI is InChI=1S/C12H22N2O/c1-3-11(13)10-12-6-5-7-14(12)8-9-15-4-2/h5-7,11H,3-4,8-10,13H2,1-2H3. The summed E-state index contributed by atoms with van der Waals surface area (Å²) < 4.78 is 7.57. The van der Waals surface area contributed by atoms with Crippen LogP contribution in [0.5, 0.6) is 0 Å². The lowest BCUT2D eigenvalue weighted by Gasteiger charge is -2.12. The van der Waals surface area contributed by atoms with Crippen molar-refractivity contribution in [1.29, 1.82) is 0 Å². The van der Waals surface area contributed by atoms with Gasteiger partial charge in [-0.15, -0.1) is 0 Å². The van der Waals surface area contributed by atoms with Crippen molar-refractivity contribution in [2.75, 3.05) is 13.2 Å². The van der Waals surface area contributed by atoms with Crippen molar-refractivity contribution in [2.24, 2.45) is 5.73 Å². The molecular weight excluding hydrogens is 188 g/mol. The summed E-state index contributed by atoms with van der Waals surface area (Å²) in [5.41, 5.74) is 7.25. The van der Waals surface area contributed by atoms with Crippen molar-refractivity contribution in [1.82, 2.24) is 4.57 Å². The van der Waals surface area contributed by atoms with Crippen LogP contribution < -0.4 is 5.73 Å². The van der Waals surface area contributed by atoms with E-state index in [2.05, 4.69) is 29.8 Å². The highest BCUT2D eigenvalue weighted by molar-refractivity contribution is 5.08. The average molecular weight is 210 g/mol. The molecule has 0 saturated heterocycles. The van der Waals surface area contributed by atoms with E-state index in [1.54, 1.807) is 0 Å². The van der Waals surface area contributed by atoms with Gasteiger partial charge in [-0.1, -0.05) is 6.92 Å². The van der Waals surface area contributed by atoms with Crippen molar-refractivity contribution in [3.63, 3.8) is 0 Å². The van der Waals surface area contributed by atoms with E-state index in [-0.39, 0.29) is 6.04 Å². The molecule has 1 rings (SSSR count). The molecule has 86 valence electrons. The van der Waals surface area contributed by atoms with Gasteiger partial charge in [0.15, 0.2) is 0 Å². The molecule has 0 aromatic carbocycles. The first-order valence-corrected chi connectivity index (χ1v) is 5.75. The van der Waals surface area contributed by atoms with Gasteiger partial charge in [0.05, 0.1) is 6.61 Å². The van der Waals surface area contributed by atoms with Gasteiger partial charge in [0.2, 0.25) is 0 Å². The molecule has 1 atom stereocenters. The molecule has 0 spiro atoms. The molecule has 0 aliphatic heterocycles. The van der Waals surface area contributed by atoms with E-state index in [1.165, 1.54) is 5.69 Å². The number of aromatic nitrogens is 1. The fourth-order valence-electron chi connectivity index (χ4n) is 1.57. The van der Waals surface area contributed by atoms with Gasteiger partial charge in [-0.25, -0.2) is 0 Å². The minimum Gasteiger partial charge on any atom is -0.380 e. The molecule has 3 nitrogen and oxygen atoms in total. The first kappa shape index (κ1) is 12.3. The monoisotopic (exact) mass is 210 g/mol. The molecule has 0 bridgehead atoms.